The molecule has 1 aromatic heterocycles. The van der Waals surface area contributed by atoms with Crippen molar-refractivity contribution in [2.24, 2.45) is 0 Å². The third-order valence-corrected chi connectivity index (χ3v) is 4.68. The number of ether oxygens (including phenoxy) is 2. The van der Waals surface area contributed by atoms with Gasteiger partial charge in [0.25, 0.3) is 5.91 Å². The van der Waals surface area contributed by atoms with Crippen molar-refractivity contribution in [2.75, 3.05) is 39.5 Å². The predicted molar refractivity (Wildman–Crippen MR) is 103 cm³/mol. The standard InChI is InChI=1S/C21H28N2O4/c1-2-3-11-26-18-7-4-6-17(15-18)21(24)22-16-19(20-8-5-12-27-20)23-9-13-25-14-10-23/h4-8,12,15,19H,2-3,9-11,13-14,16H2,1H3,(H,22,24)/t19-/m0/s1. The third-order valence-electron chi connectivity index (χ3n) is 4.68. The fourth-order valence-electron chi connectivity index (χ4n) is 3.13. The number of unbranched alkanes of at least 4 members (excludes halogenated alkanes) is 1. The van der Waals surface area contributed by atoms with E-state index in [0.29, 0.717) is 31.9 Å². The van der Waals surface area contributed by atoms with Gasteiger partial charge in [-0.3, -0.25) is 9.69 Å². The summed E-state index contributed by atoms with van der Waals surface area (Å²) in [6, 6.07) is 11.2. The second-order valence-corrected chi connectivity index (χ2v) is 6.62. The molecule has 3 rings (SSSR count). The number of nitrogens with zero attached hydrogens (tertiary/aromatic N) is 1. The Morgan fingerprint density at radius 3 is 2.85 bits per heavy atom. The van der Waals surface area contributed by atoms with Crippen LogP contribution in [0, 0.1) is 0 Å². The van der Waals surface area contributed by atoms with Crippen molar-refractivity contribution in [3.8, 4) is 5.75 Å². The molecule has 1 aliphatic heterocycles. The fraction of sp³-hybridized carbons (Fsp3) is 0.476. The van der Waals surface area contributed by atoms with Crippen LogP contribution >= 0.6 is 0 Å². The van der Waals surface area contributed by atoms with Crippen molar-refractivity contribution in [3.05, 3.63) is 54.0 Å². The van der Waals surface area contributed by atoms with Gasteiger partial charge in [-0.25, -0.2) is 0 Å². The zero-order valence-corrected chi connectivity index (χ0v) is 15.9. The number of carbonyl (C=O) groups excluding carboxylic acids is 1. The van der Waals surface area contributed by atoms with E-state index in [9.17, 15) is 4.79 Å². The number of morpholine rings is 1. The lowest BCUT2D eigenvalue weighted by Gasteiger charge is -2.33. The average Bonchev–Trinajstić information content (AvgIpc) is 3.24. The van der Waals surface area contributed by atoms with Crippen LogP contribution in [0.3, 0.4) is 0 Å². The lowest BCUT2D eigenvalue weighted by Crippen LogP contribution is -2.43. The molecule has 0 radical (unpaired) electrons. The SMILES string of the molecule is CCCCOc1cccc(C(=O)NC[C@@H](c2ccco2)N2CCOCC2)c1. The number of benzene rings is 1. The van der Waals surface area contributed by atoms with Crippen LogP contribution in [0.15, 0.2) is 47.1 Å². The highest BCUT2D eigenvalue weighted by Crippen LogP contribution is 2.22. The number of nitrogens with one attached hydrogen (secondary N) is 1. The van der Waals surface area contributed by atoms with Gasteiger partial charge in [0.1, 0.15) is 11.5 Å². The normalized spacial score (nSPS) is 16.0. The summed E-state index contributed by atoms with van der Waals surface area (Å²) in [4.78, 5) is 14.9. The molecule has 1 aliphatic rings. The molecule has 6 nitrogen and oxygen atoms in total. The van der Waals surface area contributed by atoms with Crippen LogP contribution in [0.5, 0.6) is 5.75 Å². The van der Waals surface area contributed by atoms with Gasteiger partial charge in [-0.05, 0) is 36.8 Å². The molecule has 146 valence electrons. The monoisotopic (exact) mass is 372 g/mol. The van der Waals surface area contributed by atoms with E-state index >= 15 is 0 Å². The number of furan rings is 1. The van der Waals surface area contributed by atoms with Crippen molar-refractivity contribution in [1.82, 2.24) is 10.2 Å². The number of carbonyl (C=O) groups is 1. The Balaban J connectivity index is 1.61. The van der Waals surface area contributed by atoms with Crippen molar-refractivity contribution in [2.45, 2.75) is 25.8 Å². The molecule has 2 aromatic rings. The lowest BCUT2D eigenvalue weighted by atomic mass is 10.1. The smallest absolute Gasteiger partial charge is 0.251 e. The minimum Gasteiger partial charge on any atom is -0.494 e. The van der Waals surface area contributed by atoms with Gasteiger partial charge in [0.2, 0.25) is 0 Å². The summed E-state index contributed by atoms with van der Waals surface area (Å²) < 4.78 is 16.7. The van der Waals surface area contributed by atoms with Gasteiger partial charge in [0.15, 0.2) is 0 Å². The summed E-state index contributed by atoms with van der Waals surface area (Å²) in [7, 11) is 0. The van der Waals surface area contributed by atoms with Crippen LogP contribution in [0.25, 0.3) is 0 Å². The highest BCUT2D eigenvalue weighted by atomic mass is 16.5. The molecule has 0 aliphatic carbocycles. The first kappa shape index (κ1) is 19.5. The summed E-state index contributed by atoms with van der Waals surface area (Å²) in [5.41, 5.74) is 0.601. The molecule has 0 spiro atoms. The molecule has 27 heavy (non-hydrogen) atoms. The van der Waals surface area contributed by atoms with Crippen molar-refractivity contribution in [3.63, 3.8) is 0 Å². The van der Waals surface area contributed by atoms with Crippen LogP contribution in [0.1, 0.15) is 41.9 Å². The van der Waals surface area contributed by atoms with Crippen LogP contribution < -0.4 is 10.1 Å². The first-order chi connectivity index (χ1) is 13.3. The van der Waals surface area contributed by atoms with Gasteiger partial charge < -0.3 is 19.2 Å². The number of hydrogen-bond donors (Lipinski definition) is 1. The van der Waals surface area contributed by atoms with Crippen LogP contribution in [0.2, 0.25) is 0 Å². The first-order valence-electron chi connectivity index (χ1n) is 9.64. The maximum Gasteiger partial charge on any atom is 0.251 e. The Kier molecular flexibility index (Phi) is 7.30. The van der Waals surface area contributed by atoms with Crippen molar-refractivity contribution < 1.29 is 18.7 Å². The van der Waals surface area contributed by atoms with Crippen LogP contribution in [-0.2, 0) is 4.74 Å². The molecule has 0 unspecified atom stereocenters. The van der Waals surface area contributed by atoms with E-state index in [1.165, 1.54) is 0 Å². The molecule has 1 fully saturated rings. The molecule has 0 bridgehead atoms. The first-order valence-corrected chi connectivity index (χ1v) is 9.64. The largest absolute Gasteiger partial charge is 0.494 e. The summed E-state index contributed by atoms with van der Waals surface area (Å²) in [6.07, 6.45) is 3.75. The summed E-state index contributed by atoms with van der Waals surface area (Å²) in [5, 5.41) is 3.04. The molecule has 6 heteroatoms. The Bertz CT molecular complexity index is 696. The predicted octanol–water partition coefficient (Wildman–Crippen LogP) is 3.26. The third kappa shape index (κ3) is 5.58. The van der Waals surface area contributed by atoms with Gasteiger partial charge in [-0.2, -0.15) is 0 Å². The highest BCUT2D eigenvalue weighted by molar-refractivity contribution is 5.94. The quantitative estimate of drug-likeness (QED) is 0.685. The van der Waals surface area contributed by atoms with Crippen LogP contribution in [0.4, 0.5) is 0 Å². The molecular formula is C21H28N2O4. The van der Waals surface area contributed by atoms with Crippen molar-refractivity contribution in [1.29, 1.82) is 0 Å². The average molecular weight is 372 g/mol. The van der Waals surface area contributed by atoms with E-state index in [0.717, 1.165) is 37.4 Å². The van der Waals surface area contributed by atoms with Gasteiger partial charge in [-0.1, -0.05) is 19.4 Å². The Morgan fingerprint density at radius 1 is 1.26 bits per heavy atom. The van der Waals surface area contributed by atoms with E-state index in [-0.39, 0.29) is 11.9 Å². The zero-order valence-electron chi connectivity index (χ0n) is 15.9. The minimum absolute atomic E-state index is 0.00293. The van der Waals surface area contributed by atoms with E-state index in [2.05, 4.69) is 17.1 Å². The fourth-order valence-corrected chi connectivity index (χ4v) is 3.13. The van der Waals surface area contributed by atoms with Gasteiger partial charge >= 0.3 is 0 Å². The van der Waals surface area contributed by atoms with Crippen molar-refractivity contribution >= 4 is 5.91 Å². The lowest BCUT2D eigenvalue weighted by molar-refractivity contribution is 0.0118. The maximum absolute atomic E-state index is 12.6. The second kappa shape index (κ2) is 10.1. The molecule has 1 saturated heterocycles. The molecule has 1 N–H and O–H groups in total. The molecule has 1 aromatic carbocycles. The molecule has 1 amide bonds. The van der Waals surface area contributed by atoms with E-state index in [1.54, 1.807) is 18.4 Å². The van der Waals surface area contributed by atoms with Gasteiger partial charge in [-0.15, -0.1) is 0 Å². The van der Waals surface area contributed by atoms with Gasteiger partial charge in [0, 0.05) is 25.2 Å². The van der Waals surface area contributed by atoms with E-state index in [1.807, 2.05) is 24.3 Å². The number of amides is 1. The van der Waals surface area contributed by atoms with E-state index < -0.39 is 0 Å². The Labute approximate surface area is 160 Å². The molecular weight excluding hydrogens is 344 g/mol. The summed E-state index contributed by atoms with van der Waals surface area (Å²) in [5.74, 6) is 1.47. The molecule has 1 atom stereocenters. The zero-order chi connectivity index (χ0) is 18.9. The summed E-state index contributed by atoms with van der Waals surface area (Å²) >= 11 is 0. The Morgan fingerprint density at radius 2 is 2.11 bits per heavy atom. The van der Waals surface area contributed by atoms with E-state index in [4.69, 9.17) is 13.9 Å². The maximum atomic E-state index is 12.6. The molecule has 2 heterocycles. The molecule has 0 saturated carbocycles. The summed E-state index contributed by atoms with van der Waals surface area (Å²) in [6.45, 7) is 6.30. The number of rotatable bonds is 9. The number of hydrogen-bond acceptors (Lipinski definition) is 5. The second-order valence-electron chi connectivity index (χ2n) is 6.62. The highest BCUT2D eigenvalue weighted by Gasteiger charge is 2.25. The van der Waals surface area contributed by atoms with Crippen LogP contribution in [-0.4, -0.2) is 50.3 Å². The Hall–Kier alpha value is -2.31. The topological polar surface area (TPSA) is 63.9 Å². The van der Waals surface area contributed by atoms with Gasteiger partial charge in [0.05, 0.1) is 32.1 Å². The minimum atomic E-state index is -0.110.